The maximum Gasteiger partial charge on any atom is 0.251 e. The van der Waals surface area contributed by atoms with E-state index < -0.39 is 0 Å². The van der Waals surface area contributed by atoms with E-state index in [4.69, 9.17) is 0 Å². The zero-order valence-electron chi connectivity index (χ0n) is 16.3. The third-order valence-electron chi connectivity index (χ3n) is 4.65. The van der Waals surface area contributed by atoms with Gasteiger partial charge >= 0.3 is 0 Å². The number of anilines is 2. The van der Waals surface area contributed by atoms with Crippen LogP contribution < -0.4 is 16.0 Å². The SMILES string of the molecule is CC(=O)Nc1cc(NC(C)=O)cc(C(=O)NC(c2ccc(C)cc2)C2CC2)c1. The molecule has 2 aromatic rings. The summed E-state index contributed by atoms with van der Waals surface area (Å²) in [6.45, 7) is 4.82. The number of carbonyl (C=O) groups excluding carboxylic acids is 3. The molecule has 146 valence electrons. The molecule has 1 saturated carbocycles. The van der Waals surface area contributed by atoms with Crippen molar-refractivity contribution >= 4 is 29.1 Å². The molecular weight excluding hydrogens is 354 g/mol. The van der Waals surface area contributed by atoms with E-state index >= 15 is 0 Å². The highest BCUT2D eigenvalue weighted by molar-refractivity contribution is 6.00. The zero-order chi connectivity index (χ0) is 20.3. The second-order valence-corrected chi connectivity index (χ2v) is 7.36. The minimum Gasteiger partial charge on any atom is -0.345 e. The minimum atomic E-state index is -0.248. The van der Waals surface area contributed by atoms with Crippen LogP contribution in [0.5, 0.6) is 0 Å². The fraction of sp³-hybridized carbons (Fsp3) is 0.318. The van der Waals surface area contributed by atoms with Gasteiger partial charge in [0.25, 0.3) is 5.91 Å². The quantitative estimate of drug-likeness (QED) is 0.713. The van der Waals surface area contributed by atoms with Crippen LogP contribution in [0.1, 0.15) is 54.2 Å². The summed E-state index contributed by atoms with van der Waals surface area (Å²) in [6, 6.07) is 13.0. The van der Waals surface area contributed by atoms with E-state index in [1.54, 1.807) is 18.2 Å². The van der Waals surface area contributed by atoms with Crippen molar-refractivity contribution in [2.75, 3.05) is 10.6 Å². The first-order chi connectivity index (χ1) is 13.3. The van der Waals surface area contributed by atoms with Gasteiger partial charge in [-0.25, -0.2) is 0 Å². The Morgan fingerprint density at radius 1 is 0.893 bits per heavy atom. The maximum absolute atomic E-state index is 13.0. The molecule has 6 heteroatoms. The van der Waals surface area contributed by atoms with Crippen LogP contribution in [0.15, 0.2) is 42.5 Å². The van der Waals surface area contributed by atoms with Gasteiger partial charge in [0.2, 0.25) is 11.8 Å². The van der Waals surface area contributed by atoms with Gasteiger partial charge in [0.1, 0.15) is 0 Å². The van der Waals surface area contributed by atoms with E-state index in [0.717, 1.165) is 18.4 Å². The lowest BCUT2D eigenvalue weighted by atomic mass is 10.0. The second kappa shape index (κ2) is 8.25. The van der Waals surface area contributed by atoms with Crippen molar-refractivity contribution in [1.82, 2.24) is 5.32 Å². The van der Waals surface area contributed by atoms with Crippen molar-refractivity contribution in [3.63, 3.8) is 0 Å². The molecule has 0 aliphatic heterocycles. The van der Waals surface area contributed by atoms with Gasteiger partial charge in [-0.15, -0.1) is 0 Å². The fourth-order valence-electron chi connectivity index (χ4n) is 3.21. The van der Waals surface area contributed by atoms with Gasteiger partial charge in [-0.05, 0) is 49.4 Å². The number of carbonyl (C=O) groups is 3. The first kappa shape index (κ1) is 19.6. The van der Waals surface area contributed by atoms with Crippen molar-refractivity contribution < 1.29 is 14.4 Å². The molecule has 0 saturated heterocycles. The Bertz CT molecular complexity index is 867. The average Bonchev–Trinajstić information content (AvgIpc) is 3.44. The molecule has 0 heterocycles. The molecule has 1 aliphatic rings. The largest absolute Gasteiger partial charge is 0.345 e. The lowest BCUT2D eigenvalue weighted by molar-refractivity contribution is -0.115. The number of amides is 3. The average molecular weight is 379 g/mol. The summed E-state index contributed by atoms with van der Waals surface area (Å²) in [7, 11) is 0. The van der Waals surface area contributed by atoms with Crippen LogP contribution in [0.3, 0.4) is 0 Å². The van der Waals surface area contributed by atoms with Crippen LogP contribution in [0, 0.1) is 12.8 Å². The molecule has 3 rings (SSSR count). The Hall–Kier alpha value is -3.15. The summed E-state index contributed by atoms with van der Waals surface area (Å²) in [5.41, 5.74) is 3.56. The summed E-state index contributed by atoms with van der Waals surface area (Å²) in [6.07, 6.45) is 2.17. The van der Waals surface area contributed by atoms with Crippen molar-refractivity contribution in [2.45, 2.75) is 39.7 Å². The molecule has 1 fully saturated rings. The molecule has 1 unspecified atom stereocenters. The predicted molar refractivity (Wildman–Crippen MR) is 109 cm³/mol. The van der Waals surface area contributed by atoms with Gasteiger partial charge in [-0.3, -0.25) is 14.4 Å². The third-order valence-corrected chi connectivity index (χ3v) is 4.65. The number of aryl methyl sites for hydroxylation is 1. The predicted octanol–water partition coefficient (Wildman–Crippen LogP) is 3.79. The zero-order valence-corrected chi connectivity index (χ0v) is 16.3. The maximum atomic E-state index is 13.0. The van der Waals surface area contributed by atoms with Crippen LogP contribution in [0.4, 0.5) is 11.4 Å². The number of hydrogen-bond acceptors (Lipinski definition) is 3. The molecule has 0 aromatic heterocycles. The molecule has 1 atom stereocenters. The summed E-state index contributed by atoms with van der Waals surface area (Å²) in [4.78, 5) is 35.8. The van der Waals surface area contributed by atoms with Gasteiger partial charge in [-0.2, -0.15) is 0 Å². The van der Waals surface area contributed by atoms with Crippen LogP contribution >= 0.6 is 0 Å². The molecule has 3 N–H and O–H groups in total. The lowest BCUT2D eigenvalue weighted by Gasteiger charge is -2.20. The van der Waals surface area contributed by atoms with Gasteiger partial charge in [0.15, 0.2) is 0 Å². The van der Waals surface area contributed by atoms with Crippen LogP contribution in [-0.4, -0.2) is 17.7 Å². The third kappa shape index (κ3) is 5.19. The normalized spacial score (nSPS) is 14.1. The molecule has 2 aromatic carbocycles. The van der Waals surface area contributed by atoms with Crippen molar-refractivity contribution in [1.29, 1.82) is 0 Å². The summed E-state index contributed by atoms with van der Waals surface area (Å²) in [5, 5.41) is 8.47. The Kier molecular flexibility index (Phi) is 5.78. The molecule has 0 spiro atoms. The minimum absolute atomic E-state index is 0.0539. The number of rotatable bonds is 6. The highest BCUT2D eigenvalue weighted by Crippen LogP contribution is 2.41. The summed E-state index contributed by atoms with van der Waals surface area (Å²) < 4.78 is 0. The van der Waals surface area contributed by atoms with Crippen LogP contribution in [-0.2, 0) is 9.59 Å². The van der Waals surface area contributed by atoms with E-state index in [1.165, 1.54) is 19.4 Å². The van der Waals surface area contributed by atoms with E-state index in [2.05, 4.69) is 28.1 Å². The highest BCUT2D eigenvalue weighted by Gasteiger charge is 2.33. The molecule has 1 aliphatic carbocycles. The molecule has 3 amide bonds. The van der Waals surface area contributed by atoms with Gasteiger partial charge in [0, 0.05) is 30.8 Å². The fourth-order valence-corrected chi connectivity index (χ4v) is 3.21. The summed E-state index contributed by atoms with van der Waals surface area (Å²) >= 11 is 0. The molecule has 0 radical (unpaired) electrons. The number of benzene rings is 2. The molecule has 28 heavy (non-hydrogen) atoms. The van der Waals surface area contributed by atoms with Gasteiger partial charge in [0.05, 0.1) is 6.04 Å². The Morgan fingerprint density at radius 2 is 1.43 bits per heavy atom. The van der Waals surface area contributed by atoms with Crippen molar-refractivity contribution in [2.24, 2.45) is 5.92 Å². The van der Waals surface area contributed by atoms with Gasteiger partial charge < -0.3 is 16.0 Å². The van der Waals surface area contributed by atoms with E-state index in [-0.39, 0.29) is 23.8 Å². The number of nitrogens with one attached hydrogen (secondary N) is 3. The monoisotopic (exact) mass is 379 g/mol. The Labute approximate surface area is 164 Å². The number of hydrogen-bond donors (Lipinski definition) is 3. The highest BCUT2D eigenvalue weighted by atomic mass is 16.2. The Morgan fingerprint density at radius 3 is 1.89 bits per heavy atom. The van der Waals surface area contributed by atoms with Gasteiger partial charge in [-0.1, -0.05) is 29.8 Å². The topological polar surface area (TPSA) is 87.3 Å². The second-order valence-electron chi connectivity index (χ2n) is 7.36. The first-order valence-corrected chi connectivity index (χ1v) is 9.39. The van der Waals surface area contributed by atoms with Crippen molar-refractivity contribution in [3.8, 4) is 0 Å². The molecule has 0 bridgehead atoms. The first-order valence-electron chi connectivity index (χ1n) is 9.39. The van der Waals surface area contributed by atoms with E-state index in [9.17, 15) is 14.4 Å². The molecule has 6 nitrogen and oxygen atoms in total. The standard InChI is InChI=1S/C22H25N3O3/c1-13-4-6-16(7-5-13)21(17-8-9-17)25-22(28)18-10-19(23-14(2)26)12-20(11-18)24-15(3)27/h4-7,10-12,17,21H,8-9H2,1-3H3,(H,23,26)(H,24,27)(H,25,28). The molecular formula is C22H25N3O3. The smallest absolute Gasteiger partial charge is 0.251 e. The van der Waals surface area contributed by atoms with E-state index in [1.807, 2.05) is 19.1 Å². The summed E-state index contributed by atoms with van der Waals surface area (Å²) in [5.74, 6) is -0.306. The lowest BCUT2D eigenvalue weighted by Crippen LogP contribution is -2.30. The van der Waals surface area contributed by atoms with Crippen molar-refractivity contribution in [3.05, 3.63) is 59.2 Å². The Balaban J connectivity index is 1.85. The van der Waals surface area contributed by atoms with E-state index in [0.29, 0.717) is 22.9 Å². The van der Waals surface area contributed by atoms with Crippen LogP contribution in [0.25, 0.3) is 0 Å². The van der Waals surface area contributed by atoms with Crippen LogP contribution in [0.2, 0.25) is 0 Å².